The van der Waals surface area contributed by atoms with Gasteiger partial charge in [0.25, 0.3) is 0 Å². The molecule has 1 aromatic heterocycles. The van der Waals surface area contributed by atoms with Gasteiger partial charge in [-0.2, -0.15) is 0 Å². The normalized spacial score (nSPS) is 15.0. The average molecular weight is 392 g/mol. The van der Waals surface area contributed by atoms with E-state index in [1.165, 1.54) is 16.5 Å². The van der Waals surface area contributed by atoms with Crippen molar-refractivity contribution >= 4 is 16.8 Å². The first kappa shape index (κ1) is 19.5. The number of amides is 1. The lowest BCUT2D eigenvalue weighted by Gasteiger charge is -2.34. The highest BCUT2D eigenvalue weighted by atomic mass is 16.5. The fourth-order valence-electron chi connectivity index (χ4n) is 3.96. The minimum atomic E-state index is 0.282. The Bertz CT molecular complexity index is 914. The monoisotopic (exact) mass is 391 g/mol. The molecule has 0 saturated carbocycles. The molecule has 1 N–H and O–H groups in total. The molecule has 5 nitrogen and oxygen atoms in total. The number of aryl methyl sites for hydroxylation is 1. The molecule has 1 fully saturated rings. The Morgan fingerprint density at radius 3 is 2.55 bits per heavy atom. The Morgan fingerprint density at radius 2 is 1.72 bits per heavy atom. The largest absolute Gasteiger partial charge is 0.492 e. The van der Waals surface area contributed by atoms with Gasteiger partial charge >= 0.3 is 0 Å². The van der Waals surface area contributed by atoms with Gasteiger partial charge in [0.2, 0.25) is 5.91 Å². The zero-order chi connectivity index (χ0) is 19.9. The summed E-state index contributed by atoms with van der Waals surface area (Å²) in [5.74, 6) is 1.20. The minimum absolute atomic E-state index is 0.282. The third-order valence-corrected chi connectivity index (χ3v) is 5.66. The summed E-state index contributed by atoms with van der Waals surface area (Å²) in [6, 6.07) is 18.3. The van der Waals surface area contributed by atoms with E-state index >= 15 is 0 Å². The molecule has 0 atom stereocenters. The lowest BCUT2D eigenvalue weighted by atomic mass is 10.1. The molecule has 2 aromatic carbocycles. The van der Waals surface area contributed by atoms with Crippen LogP contribution in [0.15, 0.2) is 60.8 Å². The Balaban J connectivity index is 1.14. The first-order chi connectivity index (χ1) is 14.3. The van der Waals surface area contributed by atoms with Crippen LogP contribution in [0.4, 0.5) is 0 Å². The maximum Gasteiger partial charge on any atom is 0.222 e. The number of carbonyl (C=O) groups is 1. The van der Waals surface area contributed by atoms with E-state index in [0.29, 0.717) is 13.0 Å². The summed E-state index contributed by atoms with van der Waals surface area (Å²) in [5, 5.41) is 1.27. The third-order valence-electron chi connectivity index (χ3n) is 5.66. The van der Waals surface area contributed by atoms with E-state index in [2.05, 4.69) is 34.3 Å². The SMILES string of the molecule is O=C(CCCc1c[nH]c2ccccc12)N1CCN(CCOc2ccccc2)CC1. The summed E-state index contributed by atoms with van der Waals surface area (Å²) >= 11 is 0. The number of rotatable bonds is 8. The van der Waals surface area contributed by atoms with Gasteiger partial charge < -0.3 is 14.6 Å². The zero-order valence-corrected chi connectivity index (χ0v) is 16.8. The van der Waals surface area contributed by atoms with Crippen LogP contribution in [0.2, 0.25) is 0 Å². The van der Waals surface area contributed by atoms with Crippen LogP contribution in [-0.2, 0) is 11.2 Å². The topological polar surface area (TPSA) is 48.6 Å². The number of ether oxygens (including phenoxy) is 1. The Morgan fingerprint density at radius 1 is 0.966 bits per heavy atom. The van der Waals surface area contributed by atoms with Gasteiger partial charge in [-0.3, -0.25) is 9.69 Å². The van der Waals surface area contributed by atoms with Crippen LogP contribution in [0, 0.1) is 0 Å². The molecular weight excluding hydrogens is 362 g/mol. The Hall–Kier alpha value is -2.79. The smallest absolute Gasteiger partial charge is 0.222 e. The molecule has 1 amide bonds. The number of para-hydroxylation sites is 2. The van der Waals surface area contributed by atoms with Crippen molar-refractivity contribution in [3.8, 4) is 5.75 Å². The number of fused-ring (bicyclic) bond motifs is 1. The average Bonchev–Trinajstić information content (AvgIpc) is 3.18. The van der Waals surface area contributed by atoms with Crippen molar-refractivity contribution in [3.63, 3.8) is 0 Å². The van der Waals surface area contributed by atoms with E-state index in [1.807, 2.05) is 41.3 Å². The molecule has 1 aliphatic rings. The zero-order valence-electron chi connectivity index (χ0n) is 16.8. The van der Waals surface area contributed by atoms with Crippen molar-refractivity contribution in [2.75, 3.05) is 39.3 Å². The Kier molecular flexibility index (Phi) is 6.47. The number of nitrogens with zero attached hydrogens (tertiary/aromatic N) is 2. The molecule has 5 heteroatoms. The van der Waals surface area contributed by atoms with Gasteiger partial charge in [-0.15, -0.1) is 0 Å². The van der Waals surface area contributed by atoms with Crippen LogP contribution in [0.25, 0.3) is 10.9 Å². The summed E-state index contributed by atoms with van der Waals surface area (Å²) in [6.07, 6.45) is 4.53. The molecule has 1 aliphatic heterocycles. The first-order valence-corrected chi connectivity index (χ1v) is 10.5. The number of aromatic nitrogens is 1. The summed E-state index contributed by atoms with van der Waals surface area (Å²) < 4.78 is 5.78. The van der Waals surface area contributed by atoms with E-state index in [9.17, 15) is 4.79 Å². The van der Waals surface area contributed by atoms with Crippen LogP contribution >= 0.6 is 0 Å². The van der Waals surface area contributed by atoms with Crippen LogP contribution in [0.1, 0.15) is 18.4 Å². The lowest BCUT2D eigenvalue weighted by molar-refractivity contribution is -0.133. The van der Waals surface area contributed by atoms with Gasteiger partial charge in [-0.25, -0.2) is 0 Å². The van der Waals surface area contributed by atoms with Gasteiger partial charge in [-0.1, -0.05) is 36.4 Å². The maximum absolute atomic E-state index is 12.6. The molecule has 0 spiro atoms. The fourth-order valence-corrected chi connectivity index (χ4v) is 3.96. The van der Waals surface area contributed by atoms with Crippen molar-refractivity contribution < 1.29 is 9.53 Å². The quantitative estimate of drug-likeness (QED) is 0.637. The van der Waals surface area contributed by atoms with E-state index in [4.69, 9.17) is 4.74 Å². The van der Waals surface area contributed by atoms with Gasteiger partial charge in [0.15, 0.2) is 0 Å². The van der Waals surface area contributed by atoms with Gasteiger partial charge in [0.1, 0.15) is 12.4 Å². The van der Waals surface area contributed by atoms with Crippen molar-refractivity contribution in [3.05, 3.63) is 66.4 Å². The summed E-state index contributed by atoms with van der Waals surface area (Å²) in [7, 11) is 0. The van der Waals surface area contributed by atoms with E-state index < -0.39 is 0 Å². The van der Waals surface area contributed by atoms with Crippen molar-refractivity contribution in [2.45, 2.75) is 19.3 Å². The highest BCUT2D eigenvalue weighted by Crippen LogP contribution is 2.19. The first-order valence-electron chi connectivity index (χ1n) is 10.5. The minimum Gasteiger partial charge on any atom is -0.492 e. The number of benzene rings is 2. The van der Waals surface area contributed by atoms with Gasteiger partial charge in [0.05, 0.1) is 0 Å². The maximum atomic E-state index is 12.6. The van der Waals surface area contributed by atoms with Crippen LogP contribution in [0.3, 0.4) is 0 Å². The molecule has 3 aromatic rings. The summed E-state index contributed by atoms with van der Waals surface area (Å²) in [5.41, 5.74) is 2.47. The second-order valence-electron chi connectivity index (χ2n) is 7.60. The highest BCUT2D eigenvalue weighted by molar-refractivity contribution is 5.83. The lowest BCUT2D eigenvalue weighted by Crippen LogP contribution is -2.49. The summed E-state index contributed by atoms with van der Waals surface area (Å²) in [6.45, 7) is 5.06. The molecular formula is C24H29N3O2. The molecule has 0 radical (unpaired) electrons. The molecule has 1 saturated heterocycles. The van der Waals surface area contributed by atoms with E-state index in [1.54, 1.807) is 0 Å². The molecule has 0 unspecified atom stereocenters. The second kappa shape index (κ2) is 9.61. The third kappa shape index (κ3) is 5.18. The summed E-state index contributed by atoms with van der Waals surface area (Å²) in [4.78, 5) is 20.3. The van der Waals surface area contributed by atoms with Crippen LogP contribution in [0.5, 0.6) is 5.75 Å². The predicted octanol–water partition coefficient (Wildman–Crippen LogP) is 3.71. The molecule has 152 valence electrons. The number of piperazine rings is 1. The molecule has 0 bridgehead atoms. The Labute approximate surface area is 172 Å². The van der Waals surface area contributed by atoms with E-state index in [-0.39, 0.29) is 5.91 Å². The fraction of sp³-hybridized carbons (Fsp3) is 0.375. The van der Waals surface area contributed by atoms with E-state index in [0.717, 1.165) is 51.3 Å². The van der Waals surface area contributed by atoms with Crippen molar-refractivity contribution in [1.82, 2.24) is 14.8 Å². The van der Waals surface area contributed by atoms with Crippen LogP contribution < -0.4 is 4.74 Å². The number of hydrogen-bond donors (Lipinski definition) is 1. The number of aromatic amines is 1. The number of H-pyrrole nitrogens is 1. The number of nitrogens with one attached hydrogen (secondary N) is 1. The number of carbonyl (C=O) groups excluding carboxylic acids is 1. The number of hydrogen-bond acceptors (Lipinski definition) is 3. The molecule has 0 aliphatic carbocycles. The molecule has 4 rings (SSSR count). The van der Waals surface area contributed by atoms with Gasteiger partial charge in [-0.05, 0) is 36.6 Å². The molecule has 2 heterocycles. The van der Waals surface area contributed by atoms with Crippen molar-refractivity contribution in [2.24, 2.45) is 0 Å². The highest BCUT2D eigenvalue weighted by Gasteiger charge is 2.20. The van der Waals surface area contributed by atoms with Crippen LogP contribution in [-0.4, -0.2) is 60.0 Å². The predicted molar refractivity (Wildman–Crippen MR) is 116 cm³/mol. The van der Waals surface area contributed by atoms with Gasteiger partial charge in [0, 0.05) is 56.2 Å². The molecule has 29 heavy (non-hydrogen) atoms. The second-order valence-corrected chi connectivity index (χ2v) is 7.60. The van der Waals surface area contributed by atoms with Crippen molar-refractivity contribution in [1.29, 1.82) is 0 Å². The standard InChI is InChI=1S/C24H29N3O2/c28-24(12-6-7-20-19-25-23-11-5-4-10-22(20)23)27-15-13-26(14-16-27)17-18-29-21-8-2-1-3-9-21/h1-5,8-11,19,25H,6-7,12-18H2.